The molecule has 0 bridgehead atoms. The molecule has 0 fully saturated rings. The summed E-state index contributed by atoms with van der Waals surface area (Å²) in [6, 6.07) is 0. The van der Waals surface area contributed by atoms with Gasteiger partial charge >= 0.3 is 12.1 Å². The first-order valence-corrected chi connectivity index (χ1v) is 28.3. The van der Waals surface area contributed by atoms with Crippen LogP contribution in [0.1, 0.15) is 267 Å². The summed E-state index contributed by atoms with van der Waals surface area (Å²) in [5, 5.41) is 2.91. The van der Waals surface area contributed by atoms with E-state index in [0.29, 0.717) is 51.9 Å². The maximum Gasteiger partial charge on any atom is 0.407 e. The maximum absolute atomic E-state index is 12.5. The first-order valence-electron chi connectivity index (χ1n) is 28.3. The van der Waals surface area contributed by atoms with Crippen LogP contribution in [0, 0.1) is 16.7 Å². The number of ether oxygens (including phenoxy) is 4. The van der Waals surface area contributed by atoms with Crippen molar-refractivity contribution in [3.8, 4) is 0 Å². The molecule has 8 nitrogen and oxygen atoms in total. The number of halogens is 2. The van der Waals surface area contributed by atoms with E-state index in [1.54, 1.807) is 0 Å². The molecule has 10 heteroatoms. The molecular formula is C57H115Br2N2O6-. The van der Waals surface area contributed by atoms with Gasteiger partial charge in [-0.15, -0.1) is 0 Å². The molecule has 0 aromatic rings. The third-order valence-corrected chi connectivity index (χ3v) is 14.0. The number of esters is 1. The Morgan fingerprint density at radius 1 is 0.463 bits per heavy atom. The molecule has 0 aromatic heterocycles. The number of amides is 1. The van der Waals surface area contributed by atoms with Crippen molar-refractivity contribution in [1.82, 2.24) is 5.32 Å². The fourth-order valence-corrected chi connectivity index (χ4v) is 8.73. The van der Waals surface area contributed by atoms with Crippen molar-refractivity contribution in [3.05, 3.63) is 0 Å². The Bertz CT molecular complexity index is 1060. The zero-order valence-electron chi connectivity index (χ0n) is 46.1. The van der Waals surface area contributed by atoms with Crippen molar-refractivity contribution in [2.45, 2.75) is 267 Å². The largest absolute Gasteiger partial charge is 1.00 e. The standard InChI is InChI=1S/C57H114N2O6.2BrH/c1-10-12-14-16-18-20-22-24-26-28-30-32-34-36-40-56(4,5)43-46-62-49-51-65-55(61)58-52-53(3)38-41-57(6,7)42-39-54(60)64-50-48-63-47-45-59(8,9)44-37-35-33-31-29-27-25-23-21-19-17-15-13-11-2;;/h53H,10-52H2,1-9H3;2*1H/p-1. The Morgan fingerprint density at radius 2 is 0.866 bits per heavy atom. The van der Waals surface area contributed by atoms with Crippen molar-refractivity contribution < 1.29 is 67.0 Å². The lowest BCUT2D eigenvalue weighted by Gasteiger charge is -2.29. The molecule has 0 saturated heterocycles. The van der Waals surface area contributed by atoms with Crippen LogP contribution < -0.4 is 39.3 Å². The van der Waals surface area contributed by atoms with Gasteiger partial charge in [0.05, 0.1) is 40.5 Å². The van der Waals surface area contributed by atoms with Gasteiger partial charge in [-0.2, -0.15) is 0 Å². The van der Waals surface area contributed by atoms with E-state index in [1.165, 1.54) is 193 Å². The zero-order chi connectivity index (χ0) is 48.2. The first-order chi connectivity index (χ1) is 31.2. The fourth-order valence-electron chi connectivity index (χ4n) is 8.73. The highest BCUT2D eigenvalue weighted by Gasteiger charge is 2.22. The van der Waals surface area contributed by atoms with Crippen LogP contribution in [0.2, 0.25) is 0 Å². The van der Waals surface area contributed by atoms with E-state index < -0.39 is 0 Å². The van der Waals surface area contributed by atoms with Gasteiger partial charge in [0.15, 0.2) is 0 Å². The minimum atomic E-state index is -0.382. The molecule has 67 heavy (non-hydrogen) atoms. The lowest BCUT2D eigenvalue weighted by Crippen LogP contribution is -3.00. The Labute approximate surface area is 438 Å². The van der Waals surface area contributed by atoms with Crippen LogP contribution in [0.3, 0.4) is 0 Å². The molecule has 0 heterocycles. The van der Waals surface area contributed by atoms with Gasteiger partial charge in [0, 0.05) is 19.6 Å². The quantitative estimate of drug-likeness (QED) is 0.0371. The fraction of sp³-hybridized carbons (Fsp3) is 0.965. The molecule has 0 saturated carbocycles. The van der Waals surface area contributed by atoms with Crippen molar-refractivity contribution >= 4 is 12.1 Å². The van der Waals surface area contributed by atoms with E-state index in [-0.39, 0.29) is 63.5 Å². The molecule has 0 radical (unpaired) electrons. The molecule has 0 aliphatic carbocycles. The van der Waals surface area contributed by atoms with Gasteiger partial charge in [-0.1, -0.05) is 215 Å². The van der Waals surface area contributed by atoms with Crippen LogP contribution in [0.25, 0.3) is 0 Å². The van der Waals surface area contributed by atoms with E-state index in [1.807, 2.05) is 0 Å². The van der Waals surface area contributed by atoms with E-state index in [9.17, 15) is 9.59 Å². The molecule has 0 spiro atoms. The second kappa shape index (κ2) is 49.2. The molecule has 1 N–H and O–H groups in total. The summed E-state index contributed by atoms with van der Waals surface area (Å²) >= 11 is 0. The van der Waals surface area contributed by atoms with E-state index in [0.717, 1.165) is 36.7 Å². The highest BCUT2D eigenvalue weighted by atomic mass is 79.9. The molecule has 0 aliphatic heterocycles. The molecule has 1 atom stereocenters. The predicted molar refractivity (Wildman–Crippen MR) is 279 cm³/mol. The second-order valence-corrected chi connectivity index (χ2v) is 22.5. The average molecular weight is 1080 g/mol. The molecular weight excluding hydrogens is 968 g/mol. The highest BCUT2D eigenvalue weighted by molar-refractivity contribution is 5.69. The van der Waals surface area contributed by atoms with E-state index in [4.69, 9.17) is 18.9 Å². The third kappa shape index (κ3) is 53.2. The van der Waals surface area contributed by atoms with Crippen molar-refractivity contribution in [1.29, 1.82) is 0 Å². The number of likely N-dealkylation sites (N-methyl/N-ethyl adjacent to an activating group) is 1. The van der Waals surface area contributed by atoms with Crippen LogP contribution in [0.4, 0.5) is 4.79 Å². The normalized spacial score (nSPS) is 12.4. The van der Waals surface area contributed by atoms with Gasteiger partial charge in [0.1, 0.15) is 19.8 Å². The van der Waals surface area contributed by atoms with Gasteiger partial charge in [-0.3, -0.25) is 4.79 Å². The van der Waals surface area contributed by atoms with Crippen molar-refractivity contribution in [2.75, 3.05) is 73.4 Å². The molecule has 0 rings (SSSR count). The Morgan fingerprint density at radius 3 is 1.34 bits per heavy atom. The second-order valence-electron chi connectivity index (χ2n) is 22.5. The topological polar surface area (TPSA) is 83.1 Å². The first kappa shape index (κ1) is 70.8. The predicted octanol–water partition coefficient (Wildman–Crippen LogP) is 10.4. The zero-order valence-corrected chi connectivity index (χ0v) is 49.3. The number of rotatable bonds is 50. The summed E-state index contributed by atoms with van der Waals surface area (Å²) in [5.74, 6) is 0.160. The number of carbonyl (C=O) groups is 2. The van der Waals surface area contributed by atoms with Gasteiger partial charge < -0.3 is 62.7 Å². The molecule has 0 aliphatic rings. The third-order valence-electron chi connectivity index (χ3n) is 14.0. The van der Waals surface area contributed by atoms with Crippen LogP contribution >= 0.6 is 0 Å². The van der Waals surface area contributed by atoms with E-state index in [2.05, 4.69) is 67.9 Å². The van der Waals surface area contributed by atoms with Crippen LogP contribution in [0.5, 0.6) is 0 Å². The minimum Gasteiger partial charge on any atom is -1.00 e. The van der Waals surface area contributed by atoms with Gasteiger partial charge in [-0.05, 0) is 61.7 Å². The summed E-state index contributed by atoms with van der Waals surface area (Å²) in [6.07, 6.45) is 44.0. The van der Waals surface area contributed by atoms with Crippen LogP contribution in [-0.2, 0) is 23.7 Å². The number of quaternary nitrogens is 1. The number of carbonyl (C=O) groups excluding carboxylic acids is 2. The Balaban J connectivity index is -0.0000205. The Hall–Kier alpha value is -0.420. The highest BCUT2D eigenvalue weighted by Crippen LogP contribution is 2.30. The SMILES string of the molecule is CCCCCCCCCCCCCCCCC(C)(C)CCOCCOC(=O)NCC(C)CCC(C)(C)CCC(=O)OCCOCC[N+](C)(C)CCCCCCCCCCCCCCCC.[Br-].[Br-]. The monoisotopic (exact) mass is 1080 g/mol. The number of hydrogen-bond donors (Lipinski definition) is 1. The lowest BCUT2D eigenvalue weighted by atomic mass is 9.81. The van der Waals surface area contributed by atoms with Crippen LogP contribution in [0.15, 0.2) is 0 Å². The summed E-state index contributed by atoms with van der Waals surface area (Å²) in [4.78, 5) is 24.8. The minimum absolute atomic E-state index is 0. The number of hydrogen-bond acceptors (Lipinski definition) is 6. The summed E-state index contributed by atoms with van der Waals surface area (Å²) in [7, 11) is 4.58. The Kier molecular flexibility index (Phi) is 52.0. The molecule has 1 amide bonds. The van der Waals surface area contributed by atoms with E-state index >= 15 is 0 Å². The summed E-state index contributed by atoms with van der Waals surface area (Å²) in [6.45, 7) is 21.4. The van der Waals surface area contributed by atoms with Crippen molar-refractivity contribution in [2.24, 2.45) is 16.7 Å². The molecule has 0 aromatic carbocycles. The number of nitrogens with zero attached hydrogens (tertiary/aromatic N) is 1. The molecule has 1 unspecified atom stereocenters. The van der Waals surface area contributed by atoms with Crippen LogP contribution in [-0.4, -0.2) is 89.9 Å². The summed E-state index contributed by atoms with van der Waals surface area (Å²) < 4.78 is 23.5. The number of alkyl carbamates (subject to hydrolysis) is 1. The maximum atomic E-state index is 12.5. The summed E-state index contributed by atoms with van der Waals surface area (Å²) in [5.41, 5.74) is 0.291. The van der Waals surface area contributed by atoms with Gasteiger partial charge in [0.25, 0.3) is 0 Å². The average Bonchev–Trinajstić information content (AvgIpc) is 3.26. The number of nitrogens with one attached hydrogen (secondary N) is 1. The number of unbranched alkanes of at least 4 members (excludes halogenated alkanes) is 26. The van der Waals surface area contributed by atoms with Gasteiger partial charge in [-0.25, -0.2) is 4.79 Å². The molecule has 404 valence electrons. The lowest BCUT2D eigenvalue weighted by molar-refractivity contribution is -0.891. The van der Waals surface area contributed by atoms with Crippen molar-refractivity contribution in [3.63, 3.8) is 0 Å². The van der Waals surface area contributed by atoms with Gasteiger partial charge in [0.2, 0.25) is 0 Å². The smallest absolute Gasteiger partial charge is 0.407 e.